The number of halogens is 2. The normalized spacial score (nSPS) is 14.8. The molecule has 8 heteroatoms. The summed E-state index contributed by atoms with van der Waals surface area (Å²) >= 11 is 6.27. The molecule has 6 nitrogen and oxygen atoms in total. The van der Waals surface area contributed by atoms with Gasteiger partial charge in [-0.3, -0.25) is 0 Å². The molecular weight excluding hydrogens is 489 g/mol. The van der Waals surface area contributed by atoms with Crippen LogP contribution in [0.25, 0.3) is 16.6 Å². The second kappa shape index (κ2) is 10.4. The molecule has 3 N–H and O–H groups in total. The Bertz CT molecular complexity index is 1470. The van der Waals surface area contributed by atoms with Crippen molar-refractivity contribution in [2.45, 2.75) is 52.0 Å². The zero-order chi connectivity index (χ0) is 26.1. The van der Waals surface area contributed by atoms with Crippen LogP contribution in [0, 0.1) is 19.7 Å². The van der Waals surface area contributed by atoms with Crippen LogP contribution in [0.4, 0.5) is 15.8 Å². The minimum Gasteiger partial charge on any atom is -0.497 e. The summed E-state index contributed by atoms with van der Waals surface area (Å²) in [5.74, 6) is 0.634. The second-order valence-electron chi connectivity index (χ2n) is 9.70. The van der Waals surface area contributed by atoms with E-state index >= 15 is 0 Å². The molecule has 0 atom stereocenters. The predicted molar refractivity (Wildman–Crippen MR) is 149 cm³/mol. The van der Waals surface area contributed by atoms with Crippen molar-refractivity contribution >= 4 is 34.3 Å². The van der Waals surface area contributed by atoms with Crippen LogP contribution in [0.2, 0.25) is 5.02 Å². The molecule has 0 radical (unpaired) electrons. The number of anilines is 1. The van der Waals surface area contributed by atoms with E-state index in [4.69, 9.17) is 22.1 Å². The molecule has 5 rings (SSSR count). The summed E-state index contributed by atoms with van der Waals surface area (Å²) in [5.41, 5.74) is 13.7. The number of hydrogen-bond donors (Lipinski definition) is 2. The Morgan fingerprint density at radius 2 is 1.86 bits per heavy atom. The highest BCUT2D eigenvalue weighted by Crippen LogP contribution is 2.36. The quantitative estimate of drug-likeness (QED) is 0.208. The summed E-state index contributed by atoms with van der Waals surface area (Å²) in [7, 11) is 1.68. The Labute approximate surface area is 221 Å². The third kappa shape index (κ3) is 5.14. The Morgan fingerprint density at radius 3 is 2.57 bits per heavy atom. The second-order valence-corrected chi connectivity index (χ2v) is 10.1. The molecule has 0 spiro atoms. The van der Waals surface area contributed by atoms with E-state index in [1.54, 1.807) is 13.3 Å². The maximum Gasteiger partial charge on any atom is 0.135 e. The summed E-state index contributed by atoms with van der Waals surface area (Å²) in [5, 5.41) is 8.74. The van der Waals surface area contributed by atoms with E-state index in [1.807, 2.05) is 22.8 Å². The molecule has 37 heavy (non-hydrogen) atoms. The van der Waals surface area contributed by atoms with E-state index in [0.717, 1.165) is 52.0 Å². The highest BCUT2D eigenvalue weighted by molar-refractivity contribution is 6.33. The number of methoxy groups -OCH3 is 1. The lowest BCUT2D eigenvalue weighted by Gasteiger charge is -2.25. The van der Waals surface area contributed by atoms with Gasteiger partial charge in [-0.1, -0.05) is 30.9 Å². The van der Waals surface area contributed by atoms with E-state index in [9.17, 15) is 4.39 Å². The van der Waals surface area contributed by atoms with Gasteiger partial charge in [0.05, 0.1) is 40.8 Å². The molecule has 192 valence electrons. The van der Waals surface area contributed by atoms with Gasteiger partial charge in [0.1, 0.15) is 17.4 Å². The molecule has 0 bridgehead atoms. The lowest BCUT2D eigenvalue weighted by atomic mass is 9.95. The van der Waals surface area contributed by atoms with E-state index < -0.39 is 5.82 Å². The Balaban J connectivity index is 1.65. The molecule has 2 aromatic carbocycles. The van der Waals surface area contributed by atoms with Crippen molar-refractivity contribution in [1.82, 2.24) is 9.61 Å². The van der Waals surface area contributed by atoms with Crippen molar-refractivity contribution in [2.75, 3.05) is 12.4 Å². The summed E-state index contributed by atoms with van der Waals surface area (Å²) < 4.78 is 21.2. The van der Waals surface area contributed by atoms with Gasteiger partial charge >= 0.3 is 0 Å². The van der Waals surface area contributed by atoms with Gasteiger partial charge in [-0.15, -0.1) is 0 Å². The maximum absolute atomic E-state index is 13.9. The average molecular weight is 520 g/mol. The summed E-state index contributed by atoms with van der Waals surface area (Å²) in [6, 6.07) is 10.6. The van der Waals surface area contributed by atoms with Crippen molar-refractivity contribution in [1.29, 1.82) is 0 Å². The topological polar surface area (TPSA) is 76.9 Å². The van der Waals surface area contributed by atoms with Crippen LogP contribution in [-0.2, 0) is 0 Å². The molecule has 1 saturated carbocycles. The minimum absolute atomic E-state index is 0.223. The van der Waals surface area contributed by atoms with Gasteiger partial charge in [0.15, 0.2) is 0 Å². The first kappa shape index (κ1) is 25.1. The molecule has 1 fully saturated rings. The maximum atomic E-state index is 13.9. The van der Waals surface area contributed by atoms with Crippen molar-refractivity contribution in [3.05, 3.63) is 76.3 Å². The lowest BCUT2D eigenvalue weighted by Crippen LogP contribution is -2.25. The fraction of sp³-hybridized carbons (Fsp3) is 0.310. The molecule has 0 amide bonds. The number of nitrogens with one attached hydrogen (secondary N) is 1. The third-order valence-electron chi connectivity index (χ3n) is 7.05. The molecule has 0 aliphatic heterocycles. The zero-order valence-electron chi connectivity index (χ0n) is 21.3. The number of nitrogens with zero attached hydrogens (tertiary/aromatic N) is 3. The Hall–Kier alpha value is -3.58. The van der Waals surface area contributed by atoms with Crippen molar-refractivity contribution in [2.24, 2.45) is 10.7 Å². The number of aromatic nitrogens is 2. The van der Waals surface area contributed by atoms with Gasteiger partial charge in [-0.2, -0.15) is 5.10 Å². The van der Waals surface area contributed by atoms with Crippen LogP contribution < -0.4 is 15.8 Å². The summed E-state index contributed by atoms with van der Waals surface area (Å²) in [6.07, 6.45) is 9.55. The van der Waals surface area contributed by atoms with Crippen LogP contribution in [0.1, 0.15) is 48.8 Å². The first-order valence-corrected chi connectivity index (χ1v) is 12.9. The molecule has 1 aliphatic rings. The van der Waals surface area contributed by atoms with Gasteiger partial charge in [-0.25, -0.2) is 13.9 Å². The minimum atomic E-state index is -0.424. The number of hydrogen-bond acceptors (Lipinski definition) is 4. The van der Waals surface area contributed by atoms with Crippen LogP contribution in [0.5, 0.6) is 5.75 Å². The monoisotopic (exact) mass is 519 g/mol. The molecule has 0 unspecified atom stereocenters. The van der Waals surface area contributed by atoms with Gasteiger partial charge < -0.3 is 15.8 Å². The van der Waals surface area contributed by atoms with Gasteiger partial charge in [0, 0.05) is 23.9 Å². The molecule has 0 saturated heterocycles. The van der Waals surface area contributed by atoms with Gasteiger partial charge in [0.2, 0.25) is 0 Å². The summed E-state index contributed by atoms with van der Waals surface area (Å²) in [6.45, 7) is 4.17. The number of nitrogens with two attached hydrogens (primary N) is 1. The SMILES string of the molecule is COc1cc(C)c(-c2cc3c(NC4CCCCC4)c(C(N)=Nc4cc(F)ccc4Cl)cnn3c2)c(C)c1. The molecule has 1 aliphatic carbocycles. The fourth-order valence-corrected chi connectivity index (χ4v) is 5.41. The standard InChI is InChI=1S/C29H31ClFN5O/c1-17-11-22(37-3)12-18(2)27(17)19-13-26-28(34-21-7-5-4-6-8-21)23(15-33-36(26)16-19)29(32)35-25-14-20(31)9-10-24(25)30/h9-16,21,34H,4-8H2,1-3H3,(H2,32,35). The summed E-state index contributed by atoms with van der Waals surface area (Å²) in [4.78, 5) is 4.48. The first-order valence-electron chi connectivity index (χ1n) is 12.6. The number of rotatable bonds is 6. The number of amidine groups is 1. The Morgan fingerprint density at radius 1 is 1.14 bits per heavy atom. The first-order chi connectivity index (χ1) is 17.8. The fourth-order valence-electron chi connectivity index (χ4n) is 5.25. The highest BCUT2D eigenvalue weighted by Gasteiger charge is 2.21. The van der Waals surface area contributed by atoms with Gasteiger partial charge in [-0.05, 0) is 73.7 Å². The number of fused-ring (bicyclic) bond motifs is 1. The number of ether oxygens (including phenoxy) is 1. The number of aliphatic imine (C=N–C) groups is 1. The molecule has 2 heterocycles. The largest absolute Gasteiger partial charge is 0.497 e. The van der Waals surface area contributed by atoms with Crippen LogP contribution in [0.15, 0.2) is 53.8 Å². The smallest absolute Gasteiger partial charge is 0.135 e. The van der Waals surface area contributed by atoms with Gasteiger partial charge in [0.25, 0.3) is 0 Å². The highest BCUT2D eigenvalue weighted by atomic mass is 35.5. The van der Waals surface area contributed by atoms with Crippen molar-refractivity contribution < 1.29 is 9.13 Å². The molecule has 2 aromatic heterocycles. The van der Waals surface area contributed by atoms with Crippen LogP contribution in [-0.4, -0.2) is 28.6 Å². The van der Waals surface area contributed by atoms with E-state index in [1.165, 1.54) is 37.5 Å². The molecule has 4 aromatic rings. The Kier molecular flexibility index (Phi) is 7.07. The van der Waals surface area contributed by atoms with Crippen LogP contribution in [0.3, 0.4) is 0 Å². The number of aryl methyl sites for hydroxylation is 2. The molecular formula is C29H31ClFN5O. The van der Waals surface area contributed by atoms with E-state index in [0.29, 0.717) is 16.6 Å². The van der Waals surface area contributed by atoms with Crippen molar-refractivity contribution in [3.8, 4) is 16.9 Å². The lowest BCUT2D eigenvalue weighted by molar-refractivity contribution is 0.414. The zero-order valence-corrected chi connectivity index (χ0v) is 22.1. The van der Waals surface area contributed by atoms with E-state index in [-0.39, 0.29) is 11.5 Å². The predicted octanol–water partition coefficient (Wildman–Crippen LogP) is 7.20. The third-order valence-corrected chi connectivity index (χ3v) is 7.37. The van der Waals surface area contributed by atoms with E-state index in [2.05, 4.69) is 35.3 Å². The van der Waals surface area contributed by atoms with Crippen molar-refractivity contribution in [3.63, 3.8) is 0 Å². The average Bonchev–Trinajstić information content (AvgIpc) is 3.30. The number of benzene rings is 2. The van der Waals surface area contributed by atoms with Crippen LogP contribution >= 0.6 is 11.6 Å².